The zero-order valence-electron chi connectivity index (χ0n) is 15.4. The molecule has 0 heterocycles. The van der Waals surface area contributed by atoms with Gasteiger partial charge in [0.15, 0.2) is 5.78 Å². The molecule has 0 bridgehead atoms. The molecule has 3 amide bonds. The first kappa shape index (κ1) is 23.6. The van der Waals surface area contributed by atoms with Gasteiger partial charge < -0.3 is 21.7 Å². The SMILES string of the molecule is CC.CCC(=O)C(CCCNC(N)=O)NC(=O)C(NC)C(C)C. The van der Waals surface area contributed by atoms with Crippen LogP contribution in [0.4, 0.5) is 4.79 Å². The first-order valence-electron chi connectivity index (χ1n) is 8.37. The number of carbonyl (C=O) groups excluding carboxylic acids is 3. The lowest BCUT2D eigenvalue weighted by atomic mass is 10.0. The Kier molecular flexibility index (Phi) is 14.4. The van der Waals surface area contributed by atoms with Crippen LogP contribution in [-0.2, 0) is 9.59 Å². The van der Waals surface area contributed by atoms with E-state index < -0.39 is 12.1 Å². The summed E-state index contributed by atoms with van der Waals surface area (Å²) in [5, 5.41) is 8.21. The third-order valence-electron chi connectivity index (χ3n) is 3.28. The Morgan fingerprint density at radius 2 is 1.70 bits per heavy atom. The van der Waals surface area contributed by atoms with Crippen molar-refractivity contribution in [2.45, 2.75) is 66.0 Å². The highest BCUT2D eigenvalue weighted by atomic mass is 16.2. The minimum Gasteiger partial charge on any atom is -0.352 e. The molecular weight excluding hydrogens is 296 g/mol. The summed E-state index contributed by atoms with van der Waals surface area (Å²) in [6.45, 7) is 10.0. The minimum absolute atomic E-state index is 0.0129. The van der Waals surface area contributed by atoms with E-state index in [2.05, 4.69) is 16.0 Å². The van der Waals surface area contributed by atoms with E-state index in [1.807, 2.05) is 27.7 Å². The van der Waals surface area contributed by atoms with Crippen LogP contribution in [0.3, 0.4) is 0 Å². The summed E-state index contributed by atoms with van der Waals surface area (Å²) in [4.78, 5) is 34.7. The van der Waals surface area contributed by atoms with Gasteiger partial charge in [-0.25, -0.2) is 4.79 Å². The van der Waals surface area contributed by atoms with Gasteiger partial charge in [0.1, 0.15) is 0 Å². The summed E-state index contributed by atoms with van der Waals surface area (Å²) < 4.78 is 0. The van der Waals surface area contributed by atoms with E-state index in [1.165, 1.54) is 0 Å². The van der Waals surface area contributed by atoms with Crippen molar-refractivity contribution in [3.8, 4) is 0 Å². The van der Waals surface area contributed by atoms with E-state index in [1.54, 1.807) is 14.0 Å². The topological polar surface area (TPSA) is 113 Å². The van der Waals surface area contributed by atoms with Gasteiger partial charge in [0.05, 0.1) is 12.1 Å². The van der Waals surface area contributed by atoms with Crippen LogP contribution in [0, 0.1) is 5.92 Å². The first-order chi connectivity index (χ1) is 10.8. The molecule has 136 valence electrons. The molecule has 0 radical (unpaired) electrons. The van der Waals surface area contributed by atoms with Crippen LogP contribution in [0.5, 0.6) is 0 Å². The quantitative estimate of drug-likeness (QED) is 0.450. The maximum atomic E-state index is 12.2. The van der Waals surface area contributed by atoms with E-state index in [0.717, 1.165) is 0 Å². The van der Waals surface area contributed by atoms with Crippen molar-refractivity contribution in [2.75, 3.05) is 13.6 Å². The second kappa shape index (κ2) is 14.0. The highest BCUT2D eigenvalue weighted by molar-refractivity contribution is 5.90. The number of rotatable bonds is 10. The lowest BCUT2D eigenvalue weighted by Gasteiger charge is -2.23. The first-order valence-corrected chi connectivity index (χ1v) is 8.37. The Morgan fingerprint density at radius 1 is 1.13 bits per heavy atom. The van der Waals surface area contributed by atoms with E-state index >= 15 is 0 Å². The van der Waals surface area contributed by atoms with Gasteiger partial charge in [-0.15, -0.1) is 0 Å². The Labute approximate surface area is 140 Å². The van der Waals surface area contributed by atoms with Crippen LogP contribution in [0.2, 0.25) is 0 Å². The van der Waals surface area contributed by atoms with Gasteiger partial charge in [-0.3, -0.25) is 9.59 Å². The van der Waals surface area contributed by atoms with Crippen molar-refractivity contribution < 1.29 is 14.4 Å². The van der Waals surface area contributed by atoms with Crippen LogP contribution in [0.25, 0.3) is 0 Å². The summed E-state index contributed by atoms with van der Waals surface area (Å²) in [6.07, 6.45) is 1.42. The fourth-order valence-corrected chi connectivity index (χ4v) is 2.11. The molecule has 5 N–H and O–H groups in total. The molecule has 2 unspecified atom stereocenters. The molecule has 0 rings (SSSR count). The molecule has 7 nitrogen and oxygen atoms in total. The highest BCUT2D eigenvalue weighted by Crippen LogP contribution is 2.05. The van der Waals surface area contributed by atoms with Crippen molar-refractivity contribution in [2.24, 2.45) is 11.7 Å². The van der Waals surface area contributed by atoms with Crippen molar-refractivity contribution in [1.29, 1.82) is 0 Å². The molecule has 0 saturated carbocycles. The van der Waals surface area contributed by atoms with Gasteiger partial charge in [-0.05, 0) is 25.8 Å². The smallest absolute Gasteiger partial charge is 0.312 e. The van der Waals surface area contributed by atoms with E-state index in [9.17, 15) is 14.4 Å². The van der Waals surface area contributed by atoms with E-state index in [-0.39, 0.29) is 23.7 Å². The summed E-state index contributed by atoms with van der Waals surface area (Å²) in [6, 6.07) is -1.44. The Balaban J connectivity index is 0. The van der Waals surface area contributed by atoms with E-state index in [4.69, 9.17) is 5.73 Å². The summed E-state index contributed by atoms with van der Waals surface area (Å²) in [5.41, 5.74) is 4.97. The average molecular weight is 330 g/mol. The highest BCUT2D eigenvalue weighted by Gasteiger charge is 2.25. The van der Waals surface area contributed by atoms with Gasteiger partial charge in [-0.2, -0.15) is 0 Å². The monoisotopic (exact) mass is 330 g/mol. The normalized spacial score (nSPS) is 12.7. The second-order valence-electron chi connectivity index (χ2n) is 5.32. The predicted octanol–water partition coefficient (Wildman–Crippen LogP) is 1.17. The zero-order chi connectivity index (χ0) is 18.4. The number of carbonyl (C=O) groups is 3. The number of primary amides is 1. The van der Waals surface area contributed by atoms with Gasteiger partial charge in [-0.1, -0.05) is 34.6 Å². The van der Waals surface area contributed by atoms with Gasteiger partial charge >= 0.3 is 6.03 Å². The molecular formula is C16H34N4O3. The molecule has 23 heavy (non-hydrogen) atoms. The number of nitrogens with one attached hydrogen (secondary N) is 3. The number of hydrogen-bond donors (Lipinski definition) is 4. The largest absolute Gasteiger partial charge is 0.352 e. The van der Waals surface area contributed by atoms with Gasteiger partial charge in [0, 0.05) is 13.0 Å². The molecule has 0 aliphatic heterocycles. The number of hydrogen-bond acceptors (Lipinski definition) is 4. The number of urea groups is 1. The van der Waals surface area contributed by atoms with E-state index in [0.29, 0.717) is 25.8 Å². The molecule has 0 saturated heterocycles. The van der Waals surface area contributed by atoms with Crippen LogP contribution in [0.15, 0.2) is 0 Å². The number of ketones is 1. The standard InChI is InChI=1S/C14H28N4O3.C2H6/c1-5-11(19)10(7-6-8-17-14(15)21)18-13(20)12(16-4)9(2)3;1-2/h9-10,12,16H,5-8H2,1-4H3,(H,18,20)(H3,15,17,21);1-2H3. The van der Waals surface area contributed by atoms with Gasteiger partial charge in [0.25, 0.3) is 0 Å². The average Bonchev–Trinajstić information content (AvgIpc) is 2.51. The Hall–Kier alpha value is -1.63. The molecule has 2 atom stereocenters. The summed E-state index contributed by atoms with van der Waals surface area (Å²) in [7, 11) is 1.72. The molecule has 0 fully saturated rings. The second-order valence-corrected chi connectivity index (χ2v) is 5.32. The molecule has 0 aliphatic rings. The molecule has 7 heteroatoms. The summed E-state index contributed by atoms with van der Waals surface area (Å²) >= 11 is 0. The maximum Gasteiger partial charge on any atom is 0.312 e. The predicted molar refractivity (Wildman–Crippen MR) is 93.1 cm³/mol. The van der Waals surface area contributed by atoms with Gasteiger partial charge in [0.2, 0.25) is 5.91 Å². The van der Waals surface area contributed by atoms with Crippen molar-refractivity contribution in [3.63, 3.8) is 0 Å². The van der Waals surface area contributed by atoms with Crippen LogP contribution >= 0.6 is 0 Å². The summed E-state index contributed by atoms with van der Waals surface area (Å²) in [5.74, 6) is -0.0629. The van der Waals surface area contributed by atoms with Crippen molar-refractivity contribution in [1.82, 2.24) is 16.0 Å². The molecule has 0 aromatic rings. The molecule has 0 aliphatic carbocycles. The number of amides is 3. The molecule has 0 spiro atoms. The fraction of sp³-hybridized carbons (Fsp3) is 0.812. The third-order valence-corrected chi connectivity index (χ3v) is 3.28. The number of nitrogens with two attached hydrogens (primary N) is 1. The van der Waals surface area contributed by atoms with Crippen molar-refractivity contribution >= 4 is 17.7 Å². The maximum absolute atomic E-state index is 12.2. The fourth-order valence-electron chi connectivity index (χ4n) is 2.11. The zero-order valence-corrected chi connectivity index (χ0v) is 15.4. The third kappa shape index (κ3) is 10.7. The van der Waals surface area contributed by atoms with Crippen LogP contribution in [-0.4, -0.2) is 43.4 Å². The Bertz CT molecular complexity index is 359. The number of Topliss-reactive ketones (excluding diaryl/α,β-unsaturated/α-hetero) is 1. The Morgan fingerprint density at radius 3 is 2.09 bits per heavy atom. The van der Waals surface area contributed by atoms with Crippen molar-refractivity contribution in [3.05, 3.63) is 0 Å². The lowest BCUT2D eigenvalue weighted by Crippen LogP contribution is -2.51. The number of likely N-dealkylation sites (N-methyl/N-ethyl adjacent to an activating group) is 1. The van der Waals surface area contributed by atoms with Crippen LogP contribution in [0.1, 0.15) is 53.9 Å². The lowest BCUT2D eigenvalue weighted by molar-refractivity contribution is -0.129. The molecule has 0 aromatic carbocycles. The molecule has 0 aromatic heterocycles. The van der Waals surface area contributed by atoms with Crippen LogP contribution < -0.4 is 21.7 Å². The minimum atomic E-state index is -0.590.